The average molecular weight is 429 g/mol. The van der Waals surface area contributed by atoms with Crippen LogP contribution in [0.3, 0.4) is 0 Å². The van der Waals surface area contributed by atoms with Crippen molar-refractivity contribution in [3.63, 3.8) is 0 Å². The zero-order valence-corrected chi connectivity index (χ0v) is 17.0. The number of thioether (sulfide) groups is 1. The Kier molecular flexibility index (Phi) is 5.60. The van der Waals surface area contributed by atoms with Crippen LogP contribution in [0.4, 0.5) is 0 Å². The first kappa shape index (κ1) is 19.5. The van der Waals surface area contributed by atoms with E-state index < -0.39 is 0 Å². The third-order valence-corrected chi connectivity index (χ3v) is 5.60. The fourth-order valence-corrected chi connectivity index (χ4v) is 4.08. The lowest BCUT2D eigenvalue weighted by atomic mass is 10.1. The Morgan fingerprint density at radius 3 is 2.79 bits per heavy atom. The summed E-state index contributed by atoms with van der Waals surface area (Å²) in [6.07, 6.45) is 1.62. The van der Waals surface area contributed by atoms with Gasteiger partial charge in [-0.2, -0.15) is 0 Å². The SMILES string of the molecule is C=CCn1c(SCC(=O)c2ccc3c(c2)OCCO3)nc2ccc(Cl)cc2c1=O. The van der Waals surface area contributed by atoms with Crippen molar-refractivity contribution in [1.82, 2.24) is 9.55 Å². The lowest BCUT2D eigenvalue weighted by Crippen LogP contribution is -2.23. The highest BCUT2D eigenvalue weighted by atomic mass is 35.5. The van der Waals surface area contributed by atoms with Crippen molar-refractivity contribution < 1.29 is 14.3 Å². The fraction of sp³-hybridized carbons (Fsp3) is 0.190. The van der Waals surface area contributed by atoms with Gasteiger partial charge in [0.2, 0.25) is 0 Å². The number of ketones is 1. The minimum absolute atomic E-state index is 0.0948. The Labute approximate surface area is 176 Å². The van der Waals surface area contributed by atoms with Crippen molar-refractivity contribution >= 4 is 40.0 Å². The van der Waals surface area contributed by atoms with Crippen molar-refractivity contribution in [2.45, 2.75) is 11.7 Å². The summed E-state index contributed by atoms with van der Waals surface area (Å²) in [6.45, 7) is 4.94. The molecular formula is C21H17ClN2O4S. The molecule has 3 aromatic rings. The number of Topliss-reactive ketones (excluding diaryl/α,β-unsaturated/α-hetero) is 1. The van der Waals surface area contributed by atoms with E-state index in [0.717, 1.165) is 0 Å². The Balaban J connectivity index is 1.61. The quantitative estimate of drug-likeness (QED) is 0.256. The highest BCUT2D eigenvalue weighted by molar-refractivity contribution is 7.99. The van der Waals surface area contributed by atoms with Gasteiger partial charge in [0.05, 0.1) is 16.7 Å². The molecule has 0 aliphatic carbocycles. The molecule has 6 nitrogen and oxygen atoms in total. The summed E-state index contributed by atoms with van der Waals surface area (Å²) in [5.41, 5.74) is 0.840. The molecule has 0 saturated carbocycles. The Morgan fingerprint density at radius 2 is 2.00 bits per heavy atom. The van der Waals surface area contributed by atoms with Gasteiger partial charge < -0.3 is 9.47 Å². The zero-order chi connectivity index (χ0) is 20.4. The van der Waals surface area contributed by atoms with Gasteiger partial charge in [-0.1, -0.05) is 29.4 Å². The van der Waals surface area contributed by atoms with Gasteiger partial charge in [-0.25, -0.2) is 4.98 Å². The number of carbonyl (C=O) groups is 1. The van der Waals surface area contributed by atoms with Crippen LogP contribution in [0.25, 0.3) is 10.9 Å². The monoisotopic (exact) mass is 428 g/mol. The van der Waals surface area contributed by atoms with Gasteiger partial charge >= 0.3 is 0 Å². The summed E-state index contributed by atoms with van der Waals surface area (Å²) in [5.74, 6) is 1.23. The first-order chi connectivity index (χ1) is 14.1. The van der Waals surface area contributed by atoms with Crippen LogP contribution in [0, 0.1) is 0 Å². The summed E-state index contributed by atoms with van der Waals surface area (Å²) < 4.78 is 12.5. The van der Waals surface area contributed by atoms with Gasteiger partial charge in [-0.3, -0.25) is 14.2 Å². The number of ether oxygens (including phenoxy) is 2. The Hall–Kier alpha value is -2.77. The first-order valence-electron chi connectivity index (χ1n) is 8.93. The Morgan fingerprint density at radius 1 is 1.21 bits per heavy atom. The smallest absolute Gasteiger partial charge is 0.262 e. The molecule has 1 aliphatic heterocycles. The van der Waals surface area contributed by atoms with E-state index in [0.29, 0.717) is 51.4 Å². The summed E-state index contributed by atoms with van der Waals surface area (Å²) in [7, 11) is 0. The number of halogens is 1. The molecule has 0 bridgehead atoms. The van der Waals surface area contributed by atoms with E-state index in [2.05, 4.69) is 11.6 Å². The molecule has 0 N–H and O–H groups in total. The fourth-order valence-electron chi connectivity index (χ4n) is 3.00. The lowest BCUT2D eigenvalue weighted by molar-refractivity contribution is 0.102. The number of aromatic nitrogens is 2. The van der Waals surface area contributed by atoms with Gasteiger partial charge in [0.25, 0.3) is 5.56 Å². The average Bonchev–Trinajstić information content (AvgIpc) is 2.74. The summed E-state index contributed by atoms with van der Waals surface area (Å²) >= 11 is 7.23. The molecule has 0 atom stereocenters. The molecule has 2 aromatic carbocycles. The zero-order valence-electron chi connectivity index (χ0n) is 15.4. The normalized spacial score (nSPS) is 12.7. The van der Waals surface area contributed by atoms with Crippen LogP contribution < -0.4 is 15.0 Å². The number of carbonyl (C=O) groups excluding carboxylic acids is 1. The molecule has 1 aliphatic rings. The minimum atomic E-state index is -0.216. The van der Waals surface area contributed by atoms with Crippen LogP contribution in [-0.4, -0.2) is 34.3 Å². The highest BCUT2D eigenvalue weighted by Gasteiger charge is 2.17. The summed E-state index contributed by atoms with van der Waals surface area (Å²) in [5, 5.41) is 1.35. The molecule has 0 spiro atoms. The van der Waals surface area contributed by atoms with E-state index in [1.165, 1.54) is 16.3 Å². The number of benzene rings is 2. The van der Waals surface area contributed by atoms with Crippen LogP contribution in [0.5, 0.6) is 11.5 Å². The predicted molar refractivity (Wildman–Crippen MR) is 114 cm³/mol. The van der Waals surface area contributed by atoms with Crippen LogP contribution in [0.15, 0.2) is 59.0 Å². The molecule has 1 aromatic heterocycles. The number of nitrogens with zero attached hydrogens (tertiary/aromatic N) is 2. The third-order valence-electron chi connectivity index (χ3n) is 4.39. The maximum absolute atomic E-state index is 12.9. The van der Waals surface area contributed by atoms with Gasteiger partial charge in [0.1, 0.15) is 13.2 Å². The first-order valence-corrected chi connectivity index (χ1v) is 10.3. The third kappa shape index (κ3) is 4.02. The number of hydrogen-bond acceptors (Lipinski definition) is 6. The highest BCUT2D eigenvalue weighted by Crippen LogP contribution is 2.31. The molecule has 0 radical (unpaired) electrons. The predicted octanol–water partition coefficient (Wildman–Crippen LogP) is 3.98. The van der Waals surface area contributed by atoms with Crippen LogP contribution in [0.2, 0.25) is 5.02 Å². The second-order valence-corrected chi connectivity index (χ2v) is 7.71. The second kappa shape index (κ2) is 8.31. The maximum atomic E-state index is 12.9. The van der Waals surface area contributed by atoms with Crippen molar-refractivity contribution in [3.05, 3.63) is 70.0 Å². The number of hydrogen-bond donors (Lipinski definition) is 0. The van der Waals surface area contributed by atoms with E-state index >= 15 is 0 Å². The van der Waals surface area contributed by atoms with E-state index in [1.807, 2.05) is 0 Å². The molecular weight excluding hydrogens is 412 g/mol. The molecule has 0 amide bonds. The van der Waals surface area contributed by atoms with Gasteiger partial charge in [0, 0.05) is 17.1 Å². The van der Waals surface area contributed by atoms with E-state index in [9.17, 15) is 9.59 Å². The van der Waals surface area contributed by atoms with Gasteiger partial charge in [-0.05, 0) is 36.4 Å². The van der Waals surface area contributed by atoms with E-state index in [1.54, 1.807) is 42.5 Å². The standard InChI is InChI=1S/C21H17ClN2O4S/c1-2-7-24-20(26)15-11-14(22)4-5-16(15)23-21(24)29-12-17(25)13-3-6-18-19(10-13)28-9-8-27-18/h2-6,10-11H,1,7-9,12H2. The summed E-state index contributed by atoms with van der Waals surface area (Å²) in [6, 6.07) is 10.1. The summed E-state index contributed by atoms with van der Waals surface area (Å²) in [4.78, 5) is 30.1. The lowest BCUT2D eigenvalue weighted by Gasteiger charge is -2.18. The molecule has 29 heavy (non-hydrogen) atoms. The molecule has 0 fully saturated rings. The molecule has 2 heterocycles. The molecule has 8 heteroatoms. The molecule has 0 saturated heterocycles. The van der Waals surface area contributed by atoms with Crippen molar-refractivity contribution in [3.8, 4) is 11.5 Å². The van der Waals surface area contributed by atoms with Crippen molar-refractivity contribution in [2.24, 2.45) is 0 Å². The van der Waals surface area contributed by atoms with Crippen molar-refractivity contribution in [1.29, 1.82) is 0 Å². The molecule has 4 rings (SSSR count). The number of rotatable bonds is 6. The number of allylic oxidation sites excluding steroid dienone is 1. The largest absolute Gasteiger partial charge is 0.486 e. The Bertz CT molecular complexity index is 1180. The van der Waals surface area contributed by atoms with Crippen molar-refractivity contribution in [2.75, 3.05) is 19.0 Å². The van der Waals surface area contributed by atoms with E-state index in [4.69, 9.17) is 21.1 Å². The molecule has 0 unspecified atom stereocenters. The topological polar surface area (TPSA) is 70.4 Å². The maximum Gasteiger partial charge on any atom is 0.262 e. The van der Waals surface area contributed by atoms with E-state index in [-0.39, 0.29) is 23.6 Å². The van der Waals surface area contributed by atoms with Crippen LogP contribution >= 0.6 is 23.4 Å². The minimum Gasteiger partial charge on any atom is -0.486 e. The van der Waals surface area contributed by atoms with Gasteiger partial charge in [-0.15, -0.1) is 6.58 Å². The van der Waals surface area contributed by atoms with Crippen LogP contribution in [0.1, 0.15) is 10.4 Å². The van der Waals surface area contributed by atoms with Gasteiger partial charge in [0.15, 0.2) is 22.4 Å². The number of fused-ring (bicyclic) bond motifs is 2. The second-order valence-electron chi connectivity index (χ2n) is 6.33. The molecule has 148 valence electrons. The van der Waals surface area contributed by atoms with Crippen LogP contribution in [-0.2, 0) is 6.54 Å².